The Morgan fingerprint density at radius 3 is 2.65 bits per heavy atom. The number of hydrogen-bond acceptors (Lipinski definition) is 4. The molecule has 0 aromatic heterocycles. The van der Waals surface area contributed by atoms with Crippen LogP contribution in [0.4, 0.5) is 5.69 Å². The van der Waals surface area contributed by atoms with Gasteiger partial charge in [-0.15, -0.1) is 0 Å². The van der Waals surface area contributed by atoms with Crippen LogP contribution >= 0.6 is 0 Å². The van der Waals surface area contributed by atoms with E-state index in [0.717, 1.165) is 25.1 Å². The van der Waals surface area contributed by atoms with E-state index in [1.165, 1.54) is 5.56 Å². The highest BCUT2D eigenvalue weighted by molar-refractivity contribution is 6.01. The zero-order chi connectivity index (χ0) is 14.4. The molecule has 1 heterocycles. The van der Waals surface area contributed by atoms with Crippen molar-refractivity contribution in [3.05, 3.63) is 29.8 Å². The molecule has 2 amide bonds. The number of nitrogens with one attached hydrogen (secondary N) is 3. The number of piperidine rings is 1. The van der Waals surface area contributed by atoms with E-state index in [1.807, 2.05) is 19.2 Å². The highest BCUT2D eigenvalue weighted by atomic mass is 16.2. The highest BCUT2D eigenvalue weighted by Crippen LogP contribution is 2.15. The monoisotopic (exact) mass is 275 g/mol. The summed E-state index contributed by atoms with van der Waals surface area (Å²) in [5, 5.41) is 8.64. The standard InChI is InChI=1S/C15H21N3O2/c1-16-10-2-3-11-4-6-12(7-5-11)17-13-8-9-14(19)18-15(13)20/h4-7,13,16-17H,2-3,8-10H2,1H3,(H,18,19,20). The van der Waals surface area contributed by atoms with Crippen molar-refractivity contribution in [1.29, 1.82) is 0 Å². The van der Waals surface area contributed by atoms with Crippen molar-refractivity contribution >= 4 is 17.5 Å². The molecule has 1 aliphatic rings. The SMILES string of the molecule is CNCCCc1ccc(NC2CCC(=O)NC2=O)cc1. The van der Waals surface area contributed by atoms with E-state index in [2.05, 4.69) is 28.1 Å². The lowest BCUT2D eigenvalue weighted by molar-refractivity contribution is -0.133. The van der Waals surface area contributed by atoms with Crippen molar-refractivity contribution in [3.63, 3.8) is 0 Å². The van der Waals surface area contributed by atoms with E-state index in [9.17, 15) is 9.59 Å². The smallest absolute Gasteiger partial charge is 0.249 e. The Labute approximate surface area is 119 Å². The number of rotatable bonds is 6. The summed E-state index contributed by atoms with van der Waals surface area (Å²) >= 11 is 0. The number of imide groups is 1. The molecule has 2 rings (SSSR count). The van der Waals surface area contributed by atoms with Crippen LogP contribution in [0.3, 0.4) is 0 Å². The summed E-state index contributed by atoms with van der Waals surface area (Å²) in [7, 11) is 1.95. The maximum absolute atomic E-state index is 11.6. The Morgan fingerprint density at radius 2 is 2.00 bits per heavy atom. The number of benzene rings is 1. The first kappa shape index (κ1) is 14.5. The molecular formula is C15H21N3O2. The molecule has 1 saturated heterocycles. The van der Waals surface area contributed by atoms with Crippen LogP contribution in [-0.4, -0.2) is 31.4 Å². The molecule has 1 aliphatic heterocycles. The van der Waals surface area contributed by atoms with Gasteiger partial charge in [0, 0.05) is 12.1 Å². The minimum absolute atomic E-state index is 0.187. The number of carbonyl (C=O) groups is 2. The fourth-order valence-electron chi connectivity index (χ4n) is 2.27. The summed E-state index contributed by atoms with van der Waals surface area (Å²) in [5.41, 5.74) is 2.20. The number of carbonyl (C=O) groups excluding carboxylic acids is 2. The van der Waals surface area contributed by atoms with Gasteiger partial charge in [-0.25, -0.2) is 0 Å². The second kappa shape index (κ2) is 7.05. The Balaban J connectivity index is 1.87. The van der Waals surface area contributed by atoms with Crippen LogP contribution in [0, 0.1) is 0 Å². The average Bonchev–Trinajstić information content (AvgIpc) is 2.44. The van der Waals surface area contributed by atoms with Gasteiger partial charge in [0.25, 0.3) is 0 Å². The minimum atomic E-state index is -0.317. The molecule has 0 saturated carbocycles. The molecule has 1 aromatic carbocycles. The molecule has 0 aliphatic carbocycles. The van der Waals surface area contributed by atoms with Crippen molar-refractivity contribution in [1.82, 2.24) is 10.6 Å². The molecule has 5 nitrogen and oxygen atoms in total. The normalized spacial score (nSPS) is 18.8. The predicted molar refractivity (Wildman–Crippen MR) is 78.5 cm³/mol. The van der Waals surface area contributed by atoms with Crippen molar-refractivity contribution in [2.75, 3.05) is 18.9 Å². The quantitative estimate of drug-likeness (QED) is 0.536. The van der Waals surface area contributed by atoms with Crippen LogP contribution in [0.15, 0.2) is 24.3 Å². The van der Waals surface area contributed by atoms with Gasteiger partial charge in [0.1, 0.15) is 6.04 Å². The van der Waals surface area contributed by atoms with E-state index in [-0.39, 0.29) is 17.9 Å². The van der Waals surface area contributed by atoms with Crippen LogP contribution < -0.4 is 16.0 Å². The lowest BCUT2D eigenvalue weighted by Gasteiger charge is -2.22. The van der Waals surface area contributed by atoms with E-state index < -0.39 is 0 Å². The van der Waals surface area contributed by atoms with Gasteiger partial charge in [-0.1, -0.05) is 12.1 Å². The summed E-state index contributed by atoms with van der Waals surface area (Å²) in [6.45, 7) is 1.01. The van der Waals surface area contributed by atoms with Crippen LogP contribution in [0.5, 0.6) is 0 Å². The Morgan fingerprint density at radius 1 is 1.25 bits per heavy atom. The van der Waals surface area contributed by atoms with Crippen molar-refractivity contribution in [2.24, 2.45) is 0 Å². The second-order valence-corrected chi connectivity index (χ2v) is 5.05. The van der Waals surface area contributed by atoms with Crippen LogP contribution in [0.1, 0.15) is 24.8 Å². The summed E-state index contributed by atoms with van der Waals surface area (Å²) in [6.07, 6.45) is 3.09. The van der Waals surface area contributed by atoms with Gasteiger partial charge in [-0.2, -0.15) is 0 Å². The van der Waals surface area contributed by atoms with E-state index in [0.29, 0.717) is 12.8 Å². The van der Waals surface area contributed by atoms with Gasteiger partial charge < -0.3 is 10.6 Å². The molecule has 1 fully saturated rings. The van der Waals surface area contributed by atoms with Crippen LogP contribution in [-0.2, 0) is 16.0 Å². The van der Waals surface area contributed by atoms with E-state index >= 15 is 0 Å². The van der Waals surface area contributed by atoms with Crippen molar-refractivity contribution in [2.45, 2.75) is 31.7 Å². The molecule has 3 N–H and O–H groups in total. The molecule has 0 radical (unpaired) electrons. The summed E-state index contributed by atoms with van der Waals surface area (Å²) in [4.78, 5) is 22.7. The molecule has 108 valence electrons. The summed E-state index contributed by atoms with van der Waals surface area (Å²) in [6, 6.07) is 7.80. The molecule has 20 heavy (non-hydrogen) atoms. The maximum Gasteiger partial charge on any atom is 0.249 e. The van der Waals surface area contributed by atoms with Gasteiger partial charge in [-0.05, 0) is 50.6 Å². The average molecular weight is 275 g/mol. The van der Waals surface area contributed by atoms with Gasteiger partial charge in [0.15, 0.2) is 0 Å². The molecule has 1 aromatic rings. The Bertz CT molecular complexity index is 471. The fourth-order valence-corrected chi connectivity index (χ4v) is 2.27. The zero-order valence-electron chi connectivity index (χ0n) is 11.7. The van der Waals surface area contributed by atoms with Crippen molar-refractivity contribution < 1.29 is 9.59 Å². The van der Waals surface area contributed by atoms with E-state index in [4.69, 9.17) is 0 Å². The van der Waals surface area contributed by atoms with Crippen LogP contribution in [0.2, 0.25) is 0 Å². The van der Waals surface area contributed by atoms with Gasteiger partial charge in [-0.3, -0.25) is 14.9 Å². The number of anilines is 1. The predicted octanol–water partition coefficient (Wildman–Crippen LogP) is 1.06. The molecule has 0 spiro atoms. The molecule has 1 unspecified atom stereocenters. The van der Waals surface area contributed by atoms with Gasteiger partial charge in [0.2, 0.25) is 11.8 Å². The molecule has 5 heteroatoms. The highest BCUT2D eigenvalue weighted by Gasteiger charge is 2.26. The third-order valence-corrected chi connectivity index (χ3v) is 3.43. The number of aryl methyl sites for hydroxylation is 1. The largest absolute Gasteiger partial charge is 0.374 e. The number of hydrogen-bond donors (Lipinski definition) is 3. The zero-order valence-corrected chi connectivity index (χ0v) is 11.7. The van der Waals surface area contributed by atoms with Crippen LogP contribution in [0.25, 0.3) is 0 Å². The van der Waals surface area contributed by atoms with Gasteiger partial charge in [0.05, 0.1) is 0 Å². The second-order valence-electron chi connectivity index (χ2n) is 5.05. The molecular weight excluding hydrogens is 254 g/mol. The Hall–Kier alpha value is -1.88. The minimum Gasteiger partial charge on any atom is -0.374 e. The molecule has 1 atom stereocenters. The molecule has 0 bridgehead atoms. The first-order valence-corrected chi connectivity index (χ1v) is 7.03. The summed E-state index contributed by atoms with van der Waals surface area (Å²) < 4.78 is 0. The topological polar surface area (TPSA) is 70.2 Å². The lowest BCUT2D eigenvalue weighted by atomic mass is 10.0. The first-order chi connectivity index (χ1) is 9.69. The fraction of sp³-hybridized carbons (Fsp3) is 0.467. The number of amides is 2. The lowest BCUT2D eigenvalue weighted by Crippen LogP contribution is -2.47. The summed E-state index contributed by atoms with van der Waals surface area (Å²) in [5.74, 6) is -0.424. The third kappa shape index (κ3) is 4.06. The van der Waals surface area contributed by atoms with Crippen molar-refractivity contribution in [3.8, 4) is 0 Å². The first-order valence-electron chi connectivity index (χ1n) is 7.03. The third-order valence-electron chi connectivity index (χ3n) is 3.43. The van der Waals surface area contributed by atoms with Gasteiger partial charge >= 0.3 is 0 Å². The Kier molecular flexibility index (Phi) is 5.12. The van der Waals surface area contributed by atoms with E-state index in [1.54, 1.807) is 0 Å². The maximum atomic E-state index is 11.6.